The average Bonchev–Trinajstić information content (AvgIpc) is 2.38. The van der Waals surface area contributed by atoms with Gasteiger partial charge in [0.15, 0.2) is 0 Å². The van der Waals surface area contributed by atoms with Crippen LogP contribution in [-0.4, -0.2) is 27.2 Å². The van der Waals surface area contributed by atoms with Gasteiger partial charge in [0.1, 0.15) is 0 Å². The van der Waals surface area contributed by atoms with Crippen LogP contribution >= 0.6 is 0 Å². The van der Waals surface area contributed by atoms with Crippen molar-refractivity contribution in [1.82, 2.24) is 4.72 Å². The zero-order valence-corrected chi connectivity index (χ0v) is 12.9. The first-order chi connectivity index (χ1) is 9.35. The fourth-order valence-electron chi connectivity index (χ4n) is 1.97. The molecule has 0 aliphatic heterocycles. The molecule has 0 amide bonds. The molecule has 1 rings (SSSR count). The van der Waals surface area contributed by atoms with Crippen LogP contribution in [0.4, 0.5) is 0 Å². The van der Waals surface area contributed by atoms with Gasteiger partial charge >= 0.3 is 5.97 Å². The van der Waals surface area contributed by atoms with E-state index < -0.39 is 16.0 Å². The molecule has 0 aromatic heterocycles. The number of methoxy groups -OCH3 is 1. The van der Waals surface area contributed by atoms with E-state index in [9.17, 15) is 13.2 Å². The molecular weight excluding hydrogens is 278 g/mol. The largest absolute Gasteiger partial charge is 0.469 e. The smallest absolute Gasteiger partial charge is 0.305 e. The predicted molar refractivity (Wildman–Crippen MR) is 77.8 cm³/mol. The second kappa shape index (κ2) is 7.40. The molecule has 0 spiro atoms. The Labute approximate surface area is 120 Å². The van der Waals surface area contributed by atoms with Crippen LogP contribution < -0.4 is 4.72 Å². The maximum Gasteiger partial charge on any atom is 0.305 e. The molecule has 0 bridgehead atoms. The highest BCUT2D eigenvalue weighted by atomic mass is 32.2. The van der Waals surface area contributed by atoms with Crippen LogP contribution in [0.2, 0.25) is 0 Å². The van der Waals surface area contributed by atoms with Gasteiger partial charge in [-0.05, 0) is 31.4 Å². The lowest BCUT2D eigenvalue weighted by Crippen LogP contribution is -2.29. The molecule has 1 N–H and O–H groups in total. The molecule has 0 radical (unpaired) electrons. The summed E-state index contributed by atoms with van der Waals surface area (Å²) in [5.74, 6) is -0.481. The van der Waals surface area contributed by atoms with E-state index in [-0.39, 0.29) is 24.6 Å². The number of benzene rings is 1. The Morgan fingerprint density at radius 3 is 2.60 bits per heavy atom. The van der Waals surface area contributed by atoms with E-state index in [0.29, 0.717) is 0 Å². The van der Waals surface area contributed by atoms with Gasteiger partial charge in [-0.1, -0.05) is 24.3 Å². The van der Waals surface area contributed by atoms with E-state index in [0.717, 1.165) is 11.1 Å². The Hall–Kier alpha value is -1.40. The summed E-state index contributed by atoms with van der Waals surface area (Å²) in [6.07, 6.45) is 0.360. The van der Waals surface area contributed by atoms with Crippen molar-refractivity contribution in [2.24, 2.45) is 0 Å². The average molecular weight is 299 g/mol. The number of nitrogens with one attached hydrogen (secondary N) is 1. The Balaban J connectivity index is 2.58. The lowest BCUT2D eigenvalue weighted by molar-refractivity contribution is -0.140. The standard InChI is InChI=1S/C14H21NO4S/c1-11-7-4-5-8-13(11)12(2)15-20(17,18)10-6-9-14(16)19-3/h4-5,7-8,12,15H,6,9-10H2,1-3H3/t12-/m1/s1. The molecule has 0 heterocycles. The van der Waals surface area contributed by atoms with Crippen LogP contribution in [-0.2, 0) is 19.6 Å². The van der Waals surface area contributed by atoms with Gasteiger partial charge in [-0.2, -0.15) is 0 Å². The number of aryl methyl sites for hydroxylation is 1. The normalized spacial score (nSPS) is 12.9. The number of esters is 1. The van der Waals surface area contributed by atoms with Crippen molar-refractivity contribution in [2.45, 2.75) is 32.7 Å². The third-order valence-corrected chi connectivity index (χ3v) is 4.57. The molecule has 112 valence electrons. The van der Waals surface area contributed by atoms with E-state index in [2.05, 4.69) is 9.46 Å². The van der Waals surface area contributed by atoms with Crippen molar-refractivity contribution in [3.05, 3.63) is 35.4 Å². The molecule has 0 aliphatic carbocycles. The summed E-state index contributed by atoms with van der Waals surface area (Å²) >= 11 is 0. The number of hydrogen-bond acceptors (Lipinski definition) is 4. The molecule has 1 aromatic rings. The molecule has 0 saturated heterocycles. The number of sulfonamides is 1. The molecule has 20 heavy (non-hydrogen) atoms. The lowest BCUT2D eigenvalue weighted by Gasteiger charge is -2.16. The zero-order valence-electron chi connectivity index (χ0n) is 12.0. The first-order valence-corrected chi connectivity index (χ1v) is 8.13. The van der Waals surface area contributed by atoms with Gasteiger partial charge in [0.05, 0.1) is 12.9 Å². The third-order valence-electron chi connectivity index (χ3n) is 3.03. The molecule has 6 heteroatoms. The van der Waals surface area contributed by atoms with E-state index >= 15 is 0 Å². The van der Waals surface area contributed by atoms with E-state index in [4.69, 9.17) is 0 Å². The van der Waals surface area contributed by atoms with Crippen molar-refractivity contribution in [2.75, 3.05) is 12.9 Å². The van der Waals surface area contributed by atoms with Crippen molar-refractivity contribution < 1.29 is 17.9 Å². The molecule has 0 aliphatic rings. The number of ether oxygens (including phenoxy) is 1. The Bertz CT molecular complexity index is 554. The molecule has 1 atom stereocenters. The van der Waals surface area contributed by atoms with Crippen LogP contribution in [0.3, 0.4) is 0 Å². The predicted octanol–water partition coefficient (Wildman–Crippen LogP) is 1.93. The summed E-state index contributed by atoms with van der Waals surface area (Å²) in [4.78, 5) is 10.9. The highest BCUT2D eigenvalue weighted by Crippen LogP contribution is 2.17. The number of carbonyl (C=O) groups excluding carboxylic acids is 1. The third kappa shape index (κ3) is 5.30. The van der Waals surface area contributed by atoms with Crippen molar-refractivity contribution in [3.63, 3.8) is 0 Å². The van der Waals surface area contributed by atoms with Crippen LogP contribution in [0, 0.1) is 6.92 Å². The fraction of sp³-hybridized carbons (Fsp3) is 0.500. The van der Waals surface area contributed by atoms with Gasteiger partial charge in [0, 0.05) is 12.5 Å². The molecule has 1 aromatic carbocycles. The minimum atomic E-state index is -3.41. The molecule has 0 saturated carbocycles. The second-order valence-corrected chi connectivity index (χ2v) is 6.57. The van der Waals surface area contributed by atoms with Crippen molar-refractivity contribution in [1.29, 1.82) is 0 Å². The van der Waals surface area contributed by atoms with Crippen LogP contribution in [0.5, 0.6) is 0 Å². The molecule has 5 nitrogen and oxygen atoms in total. The lowest BCUT2D eigenvalue weighted by atomic mass is 10.0. The van der Waals surface area contributed by atoms with Crippen LogP contribution in [0.25, 0.3) is 0 Å². The maximum atomic E-state index is 11.9. The Kier molecular flexibility index (Phi) is 6.16. The van der Waals surface area contributed by atoms with E-state index in [1.165, 1.54) is 7.11 Å². The summed E-state index contributed by atoms with van der Waals surface area (Å²) in [5.41, 5.74) is 1.99. The number of rotatable bonds is 7. The monoisotopic (exact) mass is 299 g/mol. The van der Waals surface area contributed by atoms with E-state index in [1.807, 2.05) is 31.2 Å². The SMILES string of the molecule is COC(=O)CCCS(=O)(=O)N[C@H](C)c1ccccc1C. The topological polar surface area (TPSA) is 72.5 Å². The quantitative estimate of drug-likeness (QED) is 0.781. The fourth-order valence-corrected chi connectivity index (χ4v) is 3.28. The Morgan fingerprint density at radius 1 is 1.35 bits per heavy atom. The van der Waals surface area contributed by atoms with Gasteiger partial charge < -0.3 is 4.74 Å². The Morgan fingerprint density at radius 2 is 2.00 bits per heavy atom. The summed E-state index contributed by atoms with van der Waals surface area (Å²) < 4.78 is 31.0. The summed E-state index contributed by atoms with van der Waals surface area (Å²) in [7, 11) is -2.12. The van der Waals surface area contributed by atoms with Gasteiger partial charge in [-0.15, -0.1) is 0 Å². The minimum Gasteiger partial charge on any atom is -0.469 e. The van der Waals surface area contributed by atoms with Crippen LogP contribution in [0.15, 0.2) is 24.3 Å². The van der Waals surface area contributed by atoms with Gasteiger partial charge in [0.25, 0.3) is 0 Å². The first-order valence-electron chi connectivity index (χ1n) is 6.48. The number of carbonyl (C=O) groups is 1. The first kappa shape index (κ1) is 16.7. The van der Waals surface area contributed by atoms with Gasteiger partial charge in [-0.25, -0.2) is 13.1 Å². The minimum absolute atomic E-state index is 0.0850. The van der Waals surface area contributed by atoms with Gasteiger partial charge in [-0.3, -0.25) is 4.79 Å². The summed E-state index contributed by atoms with van der Waals surface area (Å²) in [5, 5.41) is 0. The van der Waals surface area contributed by atoms with Gasteiger partial charge in [0.2, 0.25) is 10.0 Å². The summed E-state index contributed by atoms with van der Waals surface area (Å²) in [6, 6.07) is 7.34. The molecule has 0 fully saturated rings. The zero-order chi connectivity index (χ0) is 15.2. The van der Waals surface area contributed by atoms with Crippen LogP contribution in [0.1, 0.15) is 36.9 Å². The van der Waals surface area contributed by atoms with E-state index in [1.54, 1.807) is 6.92 Å². The highest BCUT2D eigenvalue weighted by molar-refractivity contribution is 7.89. The van der Waals surface area contributed by atoms with Crippen molar-refractivity contribution >= 4 is 16.0 Å². The molecule has 0 unspecified atom stereocenters. The molecular formula is C14H21NO4S. The summed E-state index contributed by atoms with van der Waals surface area (Å²) in [6.45, 7) is 3.75. The maximum absolute atomic E-state index is 11.9. The van der Waals surface area contributed by atoms with Crippen molar-refractivity contribution in [3.8, 4) is 0 Å². The highest BCUT2D eigenvalue weighted by Gasteiger charge is 2.17. The number of hydrogen-bond donors (Lipinski definition) is 1. The second-order valence-electron chi connectivity index (χ2n) is 4.69.